The lowest BCUT2D eigenvalue weighted by Crippen LogP contribution is -2.68. The van der Waals surface area contributed by atoms with E-state index in [4.69, 9.17) is 31.3 Å². The smallest absolute Gasteiger partial charge is 0.255 e. The van der Waals surface area contributed by atoms with Gasteiger partial charge < -0.3 is 93.0 Å². The summed E-state index contributed by atoms with van der Waals surface area (Å²) in [5, 5.41) is 147. The summed E-state index contributed by atoms with van der Waals surface area (Å²) in [4.78, 5) is 128. The number of primary amides is 2. The molecule has 8 aromatic rings. The Kier molecular flexibility index (Phi) is 27.1. The standard InChI is InChI=1S/2C46H48N3O9P.C2H2O4/c2*1-26-30-23-24-31(39(51)34(30)40(52)35-33(26)41(53)37-38(49(2)3)42(54)36(45(47)57)44(56)46(37,58)43(35)55)48-32(50)22-14-7-15-25-59(27-16-8-4-9-17-27,28-18-10-5-11-19-28)29-20-12-6-13-21-29;3-1(4)2(5)6/h2*4-6,8-13,16-21,23-24,26,33,37-38,41,53,58H,7,14-15,22,25H2,1-3H3,(H5-,47,48,50,51,52,54,55,56,57);(H,3,4)(H,5,6)/t2*26-,33?,37?,38-,41-,46-;/m00./s1. The van der Waals surface area contributed by atoms with Gasteiger partial charge >= 0.3 is 0 Å². The van der Waals surface area contributed by atoms with E-state index in [-0.39, 0.29) is 47.2 Å². The van der Waals surface area contributed by atoms with Gasteiger partial charge in [0.25, 0.3) is 11.8 Å². The number of nitrogens with two attached hydrogens (primary N) is 2. The van der Waals surface area contributed by atoms with E-state index in [1.165, 1.54) is 82.0 Å². The molecule has 4 unspecified atom stereocenters. The summed E-state index contributed by atoms with van der Waals surface area (Å²) in [5.41, 5.74) is 1.80. The predicted octanol–water partition coefficient (Wildman–Crippen LogP) is 4.78. The summed E-state index contributed by atoms with van der Waals surface area (Å²) in [6.45, 7) is 3.30. The minimum atomic E-state index is -3.02. The quantitative estimate of drug-likeness (QED) is 0.0127. The van der Waals surface area contributed by atoms with Crippen LogP contribution >= 0.6 is 14.5 Å². The number of amides is 4. The number of aliphatic hydroxyl groups is 8. The van der Waals surface area contributed by atoms with Crippen LogP contribution < -0.4 is 64.1 Å². The molecule has 646 valence electrons. The fourth-order valence-electron chi connectivity index (χ4n) is 19.3. The molecular weight excluding hydrogens is 1630 g/mol. The molecule has 0 saturated carbocycles. The first-order valence-corrected chi connectivity index (χ1v) is 44.4. The van der Waals surface area contributed by atoms with Crippen molar-refractivity contribution in [1.29, 1.82) is 0 Å². The van der Waals surface area contributed by atoms with Crippen molar-refractivity contribution >= 4 is 116 Å². The molecule has 124 heavy (non-hydrogen) atoms. The van der Waals surface area contributed by atoms with Gasteiger partial charge in [0.2, 0.25) is 23.4 Å². The Hall–Kier alpha value is -12.4. The van der Waals surface area contributed by atoms with E-state index in [0.29, 0.717) is 24.0 Å². The maximum Gasteiger partial charge on any atom is 0.255 e. The number of nitrogens with zero attached hydrogens (tertiary/aromatic N) is 2. The van der Waals surface area contributed by atoms with Gasteiger partial charge in [-0.15, -0.1) is 0 Å². The molecule has 12 atom stereocenters. The van der Waals surface area contributed by atoms with Crippen molar-refractivity contribution in [3.63, 3.8) is 0 Å². The highest BCUT2D eigenvalue weighted by Gasteiger charge is 2.69. The molecule has 6 aliphatic rings. The zero-order valence-corrected chi connectivity index (χ0v) is 70.6. The molecule has 0 aromatic heterocycles. The molecular formula is C94H98N6O22P2. The first-order valence-electron chi connectivity index (χ1n) is 40.5. The minimum Gasteiger partial charge on any atom is -0.543 e. The van der Waals surface area contributed by atoms with Crippen molar-refractivity contribution in [1.82, 2.24) is 9.80 Å². The number of carboxylic acids is 2. The Morgan fingerprint density at radius 3 is 0.919 bits per heavy atom. The number of carbonyl (C=O) groups is 10. The van der Waals surface area contributed by atoms with Gasteiger partial charge in [-0.2, -0.15) is 0 Å². The molecule has 0 radical (unpaired) electrons. The van der Waals surface area contributed by atoms with Crippen LogP contribution in [-0.4, -0.2) is 196 Å². The zero-order valence-electron chi connectivity index (χ0n) is 68.8. The van der Waals surface area contributed by atoms with Gasteiger partial charge in [-0.25, -0.2) is 0 Å². The van der Waals surface area contributed by atoms with Gasteiger partial charge in [0.15, 0.2) is 34.3 Å². The molecule has 30 heteroatoms. The van der Waals surface area contributed by atoms with Crippen molar-refractivity contribution in [2.75, 3.05) is 51.1 Å². The van der Waals surface area contributed by atoms with E-state index >= 15 is 0 Å². The van der Waals surface area contributed by atoms with E-state index in [9.17, 15) is 89.4 Å². The third-order valence-corrected chi connectivity index (χ3v) is 34.0. The molecule has 0 aliphatic heterocycles. The third kappa shape index (κ3) is 16.1. The number of benzene rings is 8. The number of fused-ring (bicyclic) bond motifs is 6. The molecule has 28 nitrogen and oxygen atoms in total. The normalized spacial score (nSPS) is 23.3. The lowest BCUT2D eigenvalue weighted by molar-refractivity contribution is -0.345. The minimum absolute atomic E-state index is 0.0479. The van der Waals surface area contributed by atoms with Crippen LogP contribution in [0.4, 0.5) is 11.4 Å². The molecule has 16 N–H and O–H groups in total. The molecule has 0 saturated heterocycles. The average molecular weight is 1730 g/mol. The number of aromatic hydroxyl groups is 2. The largest absolute Gasteiger partial charge is 0.543 e. The molecule has 0 fully saturated rings. The Labute approximate surface area is 715 Å². The van der Waals surface area contributed by atoms with Crippen molar-refractivity contribution < 1.29 is 109 Å². The number of hydrogen-bond donors (Lipinski definition) is 14. The Bertz CT molecular complexity index is 5100. The number of anilines is 2. The average Bonchev–Trinajstić information content (AvgIpc) is 0.689. The summed E-state index contributed by atoms with van der Waals surface area (Å²) in [6.07, 6.45) is 3.01. The number of Topliss-reactive ketones (excluding diaryl/α,β-unsaturated/α-hetero) is 4. The SMILES string of the molecule is C[C@H]1c2ccc(NC(=O)CCCCC[P+](c3ccccc3)(c3ccccc3)c3ccccc3)c(O)c2C(=O)C2=C(O)[C@]3(O)C(=O)C(C(N)=O)=C(O)[C@@H](N(C)C)C3[C@@H](O)C21.C[C@H]1c2ccc(NC(=O)CCCCC[P+](c3ccccc3)(c3ccccc3)c3ccccc3)c(O)c2C(=O)C2=C(O)[C@]3(O)C(=O)C(C(N)=O)=C(O)[C@@H](N(C)C)C3[C@@H](O)C21.O=C([O-])C(=O)[O-]. The second-order valence-electron chi connectivity index (χ2n) is 32.3. The van der Waals surface area contributed by atoms with Crippen LogP contribution in [0.1, 0.15) is 109 Å². The lowest BCUT2D eigenvalue weighted by Gasteiger charge is -2.53. The highest BCUT2D eigenvalue weighted by Crippen LogP contribution is 2.61. The van der Waals surface area contributed by atoms with Crippen molar-refractivity contribution in [2.45, 2.75) is 113 Å². The fraction of sp³-hybridized carbons (Fsp3) is 0.298. The number of hydrogen-bond acceptors (Lipinski definition) is 24. The Morgan fingerprint density at radius 2 is 0.677 bits per heavy atom. The van der Waals surface area contributed by atoms with Gasteiger partial charge in [0, 0.05) is 35.8 Å². The number of aliphatic hydroxyl groups excluding tert-OH is 6. The molecule has 4 amide bonds. The van der Waals surface area contributed by atoms with E-state index in [0.717, 1.165) is 38.0 Å². The highest BCUT2D eigenvalue weighted by atomic mass is 31.2. The number of phenols is 2. The Balaban J connectivity index is 0.000000212. The maximum absolute atomic E-state index is 14.3. The van der Waals surface area contributed by atoms with Crippen molar-refractivity contribution in [3.05, 3.63) is 274 Å². The van der Waals surface area contributed by atoms with Crippen LogP contribution in [0.15, 0.2) is 252 Å². The van der Waals surface area contributed by atoms with E-state index in [1.807, 2.05) is 36.4 Å². The predicted molar refractivity (Wildman–Crippen MR) is 464 cm³/mol. The summed E-state index contributed by atoms with van der Waals surface area (Å²) in [5.74, 6) is -24.8. The lowest BCUT2D eigenvalue weighted by atomic mass is 9.55. The monoisotopic (exact) mass is 1720 g/mol. The number of carbonyl (C=O) groups excluding carboxylic acids is 10. The maximum atomic E-state index is 14.3. The number of unbranched alkanes of at least 4 members (excludes halogenated alkanes) is 4. The van der Waals surface area contributed by atoms with Crippen LogP contribution in [0.5, 0.6) is 11.5 Å². The fourth-order valence-corrected chi connectivity index (χ4v) is 28.1. The van der Waals surface area contributed by atoms with Gasteiger partial charge in [-0.05, 0) is 175 Å². The molecule has 8 aromatic carbocycles. The van der Waals surface area contributed by atoms with Crippen LogP contribution in [-0.2, 0) is 38.4 Å². The van der Waals surface area contributed by atoms with Crippen LogP contribution in [0.25, 0.3) is 0 Å². The van der Waals surface area contributed by atoms with E-state index in [2.05, 4.69) is 156 Å². The number of likely N-dealkylation sites (N-methyl/N-ethyl adjacent to an activating group) is 2. The van der Waals surface area contributed by atoms with Gasteiger partial charge in [0.1, 0.15) is 80.5 Å². The highest BCUT2D eigenvalue weighted by molar-refractivity contribution is 7.96. The van der Waals surface area contributed by atoms with Crippen molar-refractivity contribution in [2.24, 2.45) is 35.1 Å². The van der Waals surface area contributed by atoms with Gasteiger partial charge in [0.05, 0.1) is 82.9 Å². The van der Waals surface area contributed by atoms with E-state index < -0.39 is 189 Å². The van der Waals surface area contributed by atoms with Gasteiger partial charge in [-0.1, -0.05) is 135 Å². The third-order valence-electron chi connectivity index (χ3n) is 25.0. The molecule has 14 rings (SSSR count). The number of aliphatic carboxylic acids is 2. The number of carboxylic acid groups (broad SMARTS) is 2. The number of rotatable bonds is 24. The summed E-state index contributed by atoms with van der Waals surface area (Å²) >= 11 is 0. The Morgan fingerprint density at radius 1 is 0.411 bits per heavy atom. The number of ketones is 4. The summed E-state index contributed by atoms with van der Waals surface area (Å²) in [7, 11) is 1.86. The first kappa shape index (κ1) is 90.9. The van der Waals surface area contributed by atoms with Crippen LogP contribution in [0, 0.1) is 23.7 Å². The topological polar surface area (TPSA) is 502 Å². The number of nitrogens with one attached hydrogen (secondary N) is 2. The second kappa shape index (κ2) is 37.0. The summed E-state index contributed by atoms with van der Waals surface area (Å²) < 4.78 is 0. The number of phenolic OH excluding ortho intramolecular Hbond substituents is 2. The van der Waals surface area contributed by atoms with Crippen LogP contribution in [0.2, 0.25) is 0 Å². The zero-order chi connectivity index (χ0) is 89.9. The molecule has 6 aliphatic carbocycles. The molecule has 0 heterocycles. The summed E-state index contributed by atoms with van der Waals surface area (Å²) in [6, 6.07) is 66.7. The van der Waals surface area contributed by atoms with Crippen LogP contribution in [0.3, 0.4) is 0 Å². The van der Waals surface area contributed by atoms with Crippen molar-refractivity contribution in [3.8, 4) is 11.5 Å². The molecule has 0 spiro atoms. The molecule has 0 bridgehead atoms. The van der Waals surface area contributed by atoms with Gasteiger partial charge in [-0.3, -0.25) is 48.2 Å². The van der Waals surface area contributed by atoms with E-state index in [1.54, 1.807) is 26.0 Å². The first-order chi connectivity index (χ1) is 59.0. The second-order valence-corrected chi connectivity index (χ2v) is 39.6.